The predicted octanol–water partition coefficient (Wildman–Crippen LogP) is 3.84. The van der Waals surface area contributed by atoms with Crippen LogP contribution in [0.3, 0.4) is 0 Å². The summed E-state index contributed by atoms with van der Waals surface area (Å²) in [6, 6.07) is 8.14. The molecule has 0 N–H and O–H groups in total. The number of nitrogens with zero attached hydrogens (tertiary/aromatic N) is 3. The molecule has 0 atom stereocenters. The molecule has 0 aliphatic rings. The van der Waals surface area contributed by atoms with Crippen LogP contribution in [-0.2, 0) is 12.4 Å². The molecule has 2 aromatic rings. The van der Waals surface area contributed by atoms with E-state index in [0.717, 1.165) is 34.3 Å². The summed E-state index contributed by atoms with van der Waals surface area (Å²) >= 11 is 9.32. The van der Waals surface area contributed by atoms with Gasteiger partial charge >= 0.3 is 0 Å². The Hall–Kier alpha value is -1.05. The Labute approximate surface area is 113 Å². The SMILES string of the molecule is N#CCCCn1c(CCl)nc2cc(Br)ccc21. The van der Waals surface area contributed by atoms with Crippen LogP contribution in [0, 0.1) is 11.3 Å². The smallest absolute Gasteiger partial charge is 0.124 e. The first-order valence-corrected chi connectivity index (χ1v) is 6.66. The molecule has 1 heterocycles. The maximum Gasteiger partial charge on any atom is 0.124 e. The van der Waals surface area contributed by atoms with E-state index in [-0.39, 0.29) is 0 Å². The Kier molecular flexibility index (Phi) is 4.03. The minimum Gasteiger partial charge on any atom is -0.327 e. The van der Waals surface area contributed by atoms with Gasteiger partial charge < -0.3 is 4.57 Å². The summed E-state index contributed by atoms with van der Waals surface area (Å²) in [6.07, 6.45) is 1.37. The number of unbranched alkanes of at least 4 members (excludes halogenated alkanes) is 1. The van der Waals surface area contributed by atoms with Gasteiger partial charge in [0.15, 0.2) is 0 Å². The molecule has 0 unspecified atom stereocenters. The number of nitriles is 1. The standard InChI is InChI=1S/C12H11BrClN3/c13-9-3-4-11-10(7-9)16-12(8-14)17(11)6-2-1-5-15/h3-4,7H,1-2,6,8H2. The molecule has 2 rings (SSSR count). The van der Waals surface area contributed by atoms with Crippen LogP contribution in [0.2, 0.25) is 0 Å². The lowest BCUT2D eigenvalue weighted by atomic mass is 10.3. The highest BCUT2D eigenvalue weighted by Crippen LogP contribution is 2.22. The number of alkyl halides is 1. The summed E-state index contributed by atoms with van der Waals surface area (Å²) in [5.41, 5.74) is 2.01. The quantitative estimate of drug-likeness (QED) is 0.636. The minimum absolute atomic E-state index is 0.388. The van der Waals surface area contributed by atoms with E-state index in [1.54, 1.807) is 0 Å². The van der Waals surface area contributed by atoms with E-state index in [1.807, 2.05) is 18.2 Å². The average molecular weight is 313 g/mol. The van der Waals surface area contributed by atoms with E-state index < -0.39 is 0 Å². The summed E-state index contributed by atoms with van der Waals surface area (Å²) in [6.45, 7) is 0.785. The lowest BCUT2D eigenvalue weighted by Gasteiger charge is -2.05. The van der Waals surface area contributed by atoms with Gasteiger partial charge in [-0.15, -0.1) is 11.6 Å². The van der Waals surface area contributed by atoms with Crippen molar-refractivity contribution in [2.75, 3.05) is 0 Å². The number of imidazole rings is 1. The van der Waals surface area contributed by atoms with E-state index in [1.165, 1.54) is 0 Å². The molecule has 0 fully saturated rings. The fourth-order valence-corrected chi connectivity index (χ4v) is 2.37. The second-order valence-corrected chi connectivity index (χ2v) is 4.89. The van der Waals surface area contributed by atoms with Crippen molar-refractivity contribution in [1.82, 2.24) is 9.55 Å². The molecule has 0 spiro atoms. The number of benzene rings is 1. The average Bonchev–Trinajstić information content (AvgIpc) is 2.67. The fraction of sp³-hybridized carbons (Fsp3) is 0.333. The third kappa shape index (κ3) is 2.62. The molecule has 17 heavy (non-hydrogen) atoms. The van der Waals surface area contributed by atoms with E-state index in [4.69, 9.17) is 16.9 Å². The Morgan fingerprint density at radius 3 is 3.00 bits per heavy atom. The van der Waals surface area contributed by atoms with Crippen LogP contribution in [-0.4, -0.2) is 9.55 Å². The Bertz CT molecular complexity index is 571. The number of aromatic nitrogens is 2. The second-order valence-electron chi connectivity index (χ2n) is 3.71. The molecule has 0 aliphatic heterocycles. The summed E-state index contributed by atoms with van der Waals surface area (Å²) in [7, 11) is 0. The van der Waals surface area contributed by atoms with E-state index in [9.17, 15) is 0 Å². The van der Waals surface area contributed by atoms with Gasteiger partial charge in [0.1, 0.15) is 5.82 Å². The lowest BCUT2D eigenvalue weighted by Crippen LogP contribution is -2.02. The predicted molar refractivity (Wildman–Crippen MR) is 71.8 cm³/mol. The van der Waals surface area contributed by atoms with Gasteiger partial charge in [-0.2, -0.15) is 5.26 Å². The monoisotopic (exact) mass is 311 g/mol. The van der Waals surface area contributed by atoms with Crippen molar-refractivity contribution in [3.8, 4) is 6.07 Å². The molecule has 1 aromatic carbocycles. The maximum absolute atomic E-state index is 8.56. The molecule has 0 amide bonds. The van der Waals surface area contributed by atoms with Crippen LogP contribution in [0.5, 0.6) is 0 Å². The summed E-state index contributed by atoms with van der Waals surface area (Å²) < 4.78 is 3.10. The third-order valence-electron chi connectivity index (χ3n) is 2.58. The molecular weight excluding hydrogens is 302 g/mol. The topological polar surface area (TPSA) is 41.6 Å². The molecule has 0 radical (unpaired) electrons. The molecule has 0 aliphatic carbocycles. The molecule has 0 bridgehead atoms. The normalized spacial score (nSPS) is 10.6. The first-order valence-electron chi connectivity index (χ1n) is 5.34. The molecule has 5 heteroatoms. The van der Waals surface area contributed by atoms with Crippen molar-refractivity contribution < 1.29 is 0 Å². The summed E-state index contributed by atoms with van der Waals surface area (Å²) in [5.74, 6) is 1.25. The zero-order valence-corrected chi connectivity index (χ0v) is 11.5. The van der Waals surface area contributed by atoms with Gasteiger partial charge in [-0.05, 0) is 24.6 Å². The summed E-state index contributed by atoms with van der Waals surface area (Å²) in [4.78, 5) is 4.49. The molecule has 0 saturated carbocycles. The third-order valence-corrected chi connectivity index (χ3v) is 3.31. The number of rotatable bonds is 4. The largest absolute Gasteiger partial charge is 0.327 e. The Balaban J connectivity index is 2.40. The van der Waals surface area contributed by atoms with Crippen LogP contribution in [0.25, 0.3) is 11.0 Å². The number of aryl methyl sites for hydroxylation is 1. The van der Waals surface area contributed by atoms with Crippen molar-refractivity contribution in [3.63, 3.8) is 0 Å². The zero-order chi connectivity index (χ0) is 12.3. The van der Waals surface area contributed by atoms with Gasteiger partial charge in [-0.3, -0.25) is 0 Å². The highest BCUT2D eigenvalue weighted by molar-refractivity contribution is 9.10. The Morgan fingerprint density at radius 2 is 2.29 bits per heavy atom. The van der Waals surface area contributed by atoms with Crippen molar-refractivity contribution in [3.05, 3.63) is 28.5 Å². The molecule has 88 valence electrons. The van der Waals surface area contributed by atoms with E-state index in [2.05, 4.69) is 31.6 Å². The summed E-state index contributed by atoms with van der Waals surface area (Å²) in [5, 5.41) is 8.56. The van der Waals surface area contributed by atoms with Crippen molar-refractivity contribution in [1.29, 1.82) is 5.26 Å². The first kappa shape index (κ1) is 12.4. The van der Waals surface area contributed by atoms with Gasteiger partial charge in [0.25, 0.3) is 0 Å². The van der Waals surface area contributed by atoms with Gasteiger partial charge in [0.05, 0.1) is 23.0 Å². The second kappa shape index (κ2) is 5.52. The first-order chi connectivity index (χ1) is 8.26. The van der Waals surface area contributed by atoms with Gasteiger partial charge in [-0.1, -0.05) is 15.9 Å². The van der Waals surface area contributed by atoms with Crippen LogP contribution >= 0.6 is 27.5 Å². The number of hydrogen-bond acceptors (Lipinski definition) is 2. The lowest BCUT2D eigenvalue weighted by molar-refractivity contribution is 0.648. The van der Waals surface area contributed by atoms with Gasteiger partial charge in [0, 0.05) is 17.4 Å². The molecule has 1 aromatic heterocycles. The van der Waals surface area contributed by atoms with Crippen molar-refractivity contribution in [2.24, 2.45) is 0 Å². The number of hydrogen-bond donors (Lipinski definition) is 0. The van der Waals surface area contributed by atoms with E-state index >= 15 is 0 Å². The van der Waals surface area contributed by atoms with Crippen LogP contribution < -0.4 is 0 Å². The van der Waals surface area contributed by atoms with Crippen LogP contribution in [0.1, 0.15) is 18.7 Å². The highest BCUT2D eigenvalue weighted by Gasteiger charge is 2.09. The molecule has 0 saturated heterocycles. The molecule has 3 nitrogen and oxygen atoms in total. The van der Waals surface area contributed by atoms with Gasteiger partial charge in [-0.25, -0.2) is 4.98 Å². The molecular formula is C12H11BrClN3. The van der Waals surface area contributed by atoms with Crippen molar-refractivity contribution in [2.45, 2.75) is 25.3 Å². The van der Waals surface area contributed by atoms with Crippen molar-refractivity contribution >= 4 is 38.6 Å². The zero-order valence-electron chi connectivity index (χ0n) is 9.16. The Morgan fingerprint density at radius 1 is 1.47 bits per heavy atom. The van der Waals surface area contributed by atoms with E-state index in [0.29, 0.717) is 12.3 Å². The fourth-order valence-electron chi connectivity index (χ4n) is 1.82. The number of fused-ring (bicyclic) bond motifs is 1. The highest BCUT2D eigenvalue weighted by atomic mass is 79.9. The van der Waals surface area contributed by atoms with Crippen LogP contribution in [0.4, 0.5) is 0 Å². The van der Waals surface area contributed by atoms with Gasteiger partial charge in [0.2, 0.25) is 0 Å². The minimum atomic E-state index is 0.388. The number of halogens is 2. The maximum atomic E-state index is 8.56. The van der Waals surface area contributed by atoms with Crippen LogP contribution in [0.15, 0.2) is 22.7 Å².